The molecule has 2 aromatic rings. The fourth-order valence-corrected chi connectivity index (χ4v) is 7.76. The van der Waals surface area contributed by atoms with Crippen molar-refractivity contribution in [2.75, 3.05) is 14.1 Å². The Morgan fingerprint density at radius 1 is 0.914 bits per heavy atom. The Balaban J connectivity index is 1.63. The number of alkyl halides is 2. The second kappa shape index (κ2) is 7.08. The third-order valence-electron chi connectivity index (χ3n) is 8.48. The molecule has 0 radical (unpaired) electrons. The lowest BCUT2D eigenvalue weighted by Crippen LogP contribution is -2.60. The summed E-state index contributed by atoms with van der Waals surface area (Å²) in [5, 5.41) is 12.7. The zero-order valence-electron chi connectivity index (χ0n) is 19.0. The maximum atomic E-state index is 13.6. The average molecular weight is 513 g/mol. The lowest BCUT2D eigenvalue weighted by molar-refractivity contribution is -0.140. The number of amides is 4. The topological polar surface area (TPSA) is 95.0 Å². The van der Waals surface area contributed by atoms with Crippen molar-refractivity contribution in [1.29, 1.82) is 0 Å². The molecule has 2 aromatic carbocycles. The first-order valence-electron chi connectivity index (χ1n) is 11.5. The van der Waals surface area contributed by atoms with E-state index in [-0.39, 0.29) is 24.0 Å². The third-order valence-corrected chi connectivity index (χ3v) is 9.89. The van der Waals surface area contributed by atoms with Gasteiger partial charge in [-0.3, -0.25) is 29.0 Å². The number of imide groups is 2. The molecule has 2 aliphatic heterocycles. The molecule has 9 heteroatoms. The third kappa shape index (κ3) is 2.53. The standard InChI is InChI=1S/C26H22Cl2N2O5/c1-29-21(32)15-10-9-14-17(18(15)22(29)33)11-25(27)23(34)30(2)24(35)26(25,28)19(14)16-8-7-12-5-3-4-6-13(12)20(16)31/h3-9,15,17-19,31H,10-11H2,1-2H3/t15-,17+,18-,19+,25+,26-/m0/s1. The molecule has 180 valence electrons. The van der Waals surface area contributed by atoms with E-state index in [1.807, 2.05) is 24.3 Å². The fourth-order valence-electron chi connectivity index (χ4n) is 6.75. The van der Waals surface area contributed by atoms with E-state index in [0.717, 1.165) is 15.2 Å². The lowest BCUT2D eigenvalue weighted by atomic mass is 9.56. The molecule has 1 saturated carbocycles. The van der Waals surface area contributed by atoms with Crippen LogP contribution in [0.5, 0.6) is 5.75 Å². The first kappa shape index (κ1) is 22.6. The number of phenols is 1. The summed E-state index contributed by atoms with van der Waals surface area (Å²) in [4.78, 5) is 51.2. The molecule has 4 amide bonds. The summed E-state index contributed by atoms with van der Waals surface area (Å²) < 4.78 is 0. The van der Waals surface area contributed by atoms with E-state index >= 15 is 0 Å². The van der Waals surface area contributed by atoms with Crippen molar-refractivity contribution in [1.82, 2.24) is 9.80 Å². The van der Waals surface area contributed by atoms with Crippen molar-refractivity contribution in [2.24, 2.45) is 17.8 Å². The van der Waals surface area contributed by atoms with Crippen LogP contribution in [0.3, 0.4) is 0 Å². The largest absolute Gasteiger partial charge is 0.507 e. The summed E-state index contributed by atoms with van der Waals surface area (Å²) in [7, 11) is 2.80. The predicted octanol–water partition coefficient (Wildman–Crippen LogP) is 3.16. The summed E-state index contributed by atoms with van der Waals surface area (Å²) in [5.74, 6) is -4.76. The number of allylic oxidation sites excluding steroid dienone is 2. The number of rotatable bonds is 1. The minimum atomic E-state index is -1.91. The van der Waals surface area contributed by atoms with Crippen molar-refractivity contribution >= 4 is 57.6 Å². The highest BCUT2D eigenvalue weighted by molar-refractivity contribution is 6.53. The number of benzene rings is 2. The van der Waals surface area contributed by atoms with Crippen LogP contribution in [0, 0.1) is 17.8 Å². The van der Waals surface area contributed by atoms with E-state index in [1.54, 1.807) is 18.2 Å². The van der Waals surface area contributed by atoms with Gasteiger partial charge in [0, 0.05) is 31.0 Å². The van der Waals surface area contributed by atoms with Gasteiger partial charge in [-0.15, -0.1) is 23.2 Å². The van der Waals surface area contributed by atoms with Crippen molar-refractivity contribution < 1.29 is 24.3 Å². The van der Waals surface area contributed by atoms with Gasteiger partial charge in [0.25, 0.3) is 11.8 Å². The van der Waals surface area contributed by atoms with E-state index in [9.17, 15) is 24.3 Å². The summed E-state index contributed by atoms with van der Waals surface area (Å²) in [6, 6.07) is 10.8. The highest BCUT2D eigenvalue weighted by atomic mass is 35.5. The molecule has 2 heterocycles. The minimum absolute atomic E-state index is 0.0579. The zero-order valence-corrected chi connectivity index (χ0v) is 20.5. The number of carbonyl (C=O) groups is 4. The van der Waals surface area contributed by atoms with Gasteiger partial charge in [0.2, 0.25) is 11.8 Å². The smallest absolute Gasteiger partial charge is 0.253 e. The maximum Gasteiger partial charge on any atom is 0.253 e. The van der Waals surface area contributed by atoms with Crippen molar-refractivity contribution in [3.05, 3.63) is 53.6 Å². The fraction of sp³-hybridized carbons (Fsp3) is 0.385. The summed E-state index contributed by atoms with van der Waals surface area (Å²) in [6.45, 7) is 0. The Morgan fingerprint density at radius 2 is 1.63 bits per heavy atom. The normalized spacial score (nSPS) is 36.4. The first-order chi connectivity index (χ1) is 16.5. The Hall–Kier alpha value is -2.90. The number of carbonyl (C=O) groups excluding carboxylic acids is 4. The van der Waals surface area contributed by atoms with E-state index in [2.05, 4.69) is 0 Å². The molecule has 2 saturated heterocycles. The number of aromatic hydroxyl groups is 1. The van der Waals surface area contributed by atoms with Crippen molar-refractivity contribution in [3.8, 4) is 5.75 Å². The number of hydrogen-bond donors (Lipinski definition) is 1. The van der Waals surface area contributed by atoms with Gasteiger partial charge in [-0.1, -0.05) is 48.0 Å². The maximum absolute atomic E-state index is 13.6. The van der Waals surface area contributed by atoms with Gasteiger partial charge in [-0.2, -0.15) is 0 Å². The second-order valence-corrected chi connectivity index (χ2v) is 11.2. The van der Waals surface area contributed by atoms with Crippen LogP contribution in [0.4, 0.5) is 0 Å². The number of nitrogens with zero attached hydrogens (tertiary/aromatic N) is 2. The Labute approximate surface area is 211 Å². The van der Waals surface area contributed by atoms with Crippen LogP contribution in [-0.4, -0.2) is 62.4 Å². The molecule has 4 aliphatic rings. The molecule has 6 atom stereocenters. The SMILES string of the molecule is CN1C(=O)[C@H]2[C@H](CC=C3[C@H]2C[C@@]2(Cl)C(=O)N(C)C(=O)[C@@]2(Cl)[C@H]3c2ccc3ccccc3c2O)C1=O. The summed E-state index contributed by atoms with van der Waals surface area (Å²) >= 11 is 14.2. The number of fused-ring (bicyclic) bond motifs is 5. The van der Waals surface area contributed by atoms with Gasteiger partial charge in [0.1, 0.15) is 5.75 Å². The van der Waals surface area contributed by atoms with Gasteiger partial charge in [0.05, 0.1) is 11.8 Å². The number of hydrogen-bond acceptors (Lipinski definition) is 5. The molecule has 0 unspecified atom stereocenters. The van der Waals surface area contributed by atoms with Crippen molar-refractivity contribution in [2.45, 2.75) is 28.5 Å². The molecule has 2 aliphatic carbocycles. The Bertz CT molecular complexity index is 1410. The van der Waals surface area contributed by atoms with Crippen LogP contribution >= 0.6 is 23.2 Å². The van der Waals surface area contributed by atoms with Crippen LogP contribution in [0.15, 0.2) is 48.0 Å². The summed E-state index contributed by atoms with van der Waals surface area (Å²) in [5.41, 5.74) is 1.02. The molecule has 1 N–H and O–H groups in total. The van der Waals surface area contributed by atoms with Crippen LogP contribution in [-0.2, 0) is 19.2 Å². The highest BCUT2D eigenvalue weighted by Crippen LogP contribution is 2.66. The van der Waals surface area contributed by atoms with Crippen LogP contribution in [0.2, 0.25) is 0 Å². The Morgan fingerprint density at radius 3 is 2.37 bits per heavy atom. The van der Waals surface area contributed by atoms with Crippen molar-refractivity contribution in [3.63, 3.8) is 0 Å². The molecular formula is C26H22Cl2N2O5. The zero-order chi connectivity index (χ0) is 25.0. The molecule has 0 aromatic heterocycles. The molecule has 6 rings (SSSR count). The van der Waals surface area contributed by atoms with Gasteiger partial charge in [0.15, 0.2) is 9.75 Å². The first-order valence-corrected chi connectivity index (χ1v) is 12.2. The lowest BCUT2D eigenvalue weighted by Gasteiger charge is -2.50. The number of likely N-dealkylation sites (tertiary alicyclic amines) is 2. The molecular weight excluding hydrogens is 491 g/mol. The second-order valence-electron chi connectivity index (χ2n) is 9.96. The Kier molecular flexibility index (Phi) is 4.56. The van der Waals surface area contributed by atoms with E-state index in [1.165, 1.54) is 14.1 Å². The van der Waals surface area contributed by atoms with E-state index in [4.69, 9.17) is 23.2 Å². The van der Waals surface area contributed by atoms with E-state index in [0.29, 0.717) is 22.9 Å². The molecule has 7 nitrogen and oxygen atoms in total. The minimum Gasteiger partial charge on any atom is -0.507 e. The number of phenolic OH excluding ortho intramolecular Hbond substituents is 1. The van der Waals surface area contributed by atoms with Gasteiger partial charge in [-0.25, -0.2) is 0 Å². The average Bonchev–Trinajstić information content (AvgIpc) is 3.15. The van der Waals surface area contributed by atoms with E-state index < -0.39 is 45.2 Å². The quantitative estimate of drug-likeness (QED) is 0.359. The summed E-state index contributed by atoms with van der Waals surface area (Å²) in [6.07, 6.45) is 2.10. The van der Waals surface area contributed by atoms with Gasteiger partial charge in [-0.05, 0) is 24.1 Å². The predicted molar refractivity (Wildman–Crippen MR) is 129 cm³/mol. The molecule has 3 fully saturated rings. The van der Waals surface area contributed by atoms with Crippen LogP contribution in [0.1, 0.15) is 24.3 Å². The van der Waals surface area contributed by atoms with Gasteiger partial charge >= 0.3 is 0 Å². The van der Waals surface area contributed by atoms with Gasteiger partial charge < -0.3 is 5.11 Å². The number of halogens is 2. The highest BCUT2D eigenvalue weighted by Gasteiger charge is 2.76. The molecule has 35 heavy (non-hydrogen) atoms. The van der Waals surface area contributed by atoms with Crippen LogP contribution in [0.25, 0.3) is 10.8 Å². The molecule has 0 spiro atoms. The van der Waals surface area contributed by atoms with Crippen LogP contribution < -0.4 is 0 Å². The monoisotopic (exact) mass is 512 g/mol. The molecule has 0 bridgehead atoms.